The van der Waals surface area contributed by atoms with Crippen LogP contribution in [0.2, 0.25) is 0 Å². The minimum Gasteiger partial charge on any atom is -0.468 e. The van der Waals surface area contributed by atoms with Crippen LogP contribution in [0.15, 0.2) is 35.1 Å². The van der Waals surface area contributed by atoms with Crippen LogP contribution in [0.4, 0.5) is 0 Å². The van der Waals surface area contributed by atoms with Crippen LogP contribution in [0.1, 0.15) is 23.9 Å². The van der Waals surface area contributed by atoms with Gasteiger partial charge >= 0.3 is 0 Å². The highest BCUT2D eigenvalue weighted by Crippen LogP contribution is 2.24. The van der Waals surface area contributed by atoms with Crippen molar-refractivity contribution < 1.29 is 9.21 Å². The lowest BCUT2D eigenvalue weighted by Gasteiger charge is -2.33. The van der Waals surface area contributed by atoms with Crippen molar-refractivity contribution in [3.05, 3.63) is 42.1 Å². The summed E-state index contributed by atoms with van der Waals surface area (Å²) in [7, 11) is 1.66. The normalized spacial score (nSPS) is 18.8. The Balaban J connectivity index is 1.75. The van der Waals surface area contributed by atoms with E-state index in [1.165, 1.54) is 0 Å². The second kappa shape index (κ2) is 5.50. The average molecular weight is 274 g/mol. The molecule has 2 aromatic heterocycles. The van der Waals surface area contributed by atoms with E-state index in [4.69, 9.17) is 4.42 Å². The fourth-order valence-corrected chi connectivity index (χ4v) is 2.68. The molecule has 0 aromatic carbocycles. The van der Waals surface area contributed by atoms with Crippen LogP contribution in [0.5, 0.6) is 0 Å². The largest absolute Gasteiger partial charge is 0.468 e. The molecule has 0 saturated heterocycles. The maximum absolute atomic E-state index is 11.6. The Morgan fingerprint density at radius 1 is 1.55 bits per heavy atom. The number of fused-ring (bicyclic) bond motifs is 1. The SMILES string of the molecule is CNC(=O)CC1CN(Cc2ccco2)Cc2ccnn21. The molecule has 0 aliphatic carbocycles. The van der Waals surface area contributed by atoms with E-state index in [0.29, 0.717) is 6.42 Å². The van der Waals surface area contributed by atoms with E-state index in [0.717, 1.165) is 31.1 Å². The fraction of sp³-hybridized carbons (Fsp3) is 0.429. The standard InChI is InChI=1S/C14H18N4O2/c1-15-14(19)7-12-9-17(10-13-3-2-6-20-13)8-11-4-5-16-18(11)12/h2-6,12H,7-10H2,1H3,(H,15,19). The molecule has 0 spiro atoms. The number of aromatic nitrogens is 2. The van der Waals surface area contributed by atoms with Crippen molar-refractivity contribution in [2.75, 3.05) is 13.6 Å². The summed E-state index contributed by atoms with van der Waals surface area (Å²) in [6, 6.07) is 5.94. The van der Waals surface area contributed by atoms with Gasteiger partial charge in [-0.3, -0.25) is 14.4 Å². The van der Waals surface area contributed by atoms with E-state index in [1.54, 1.807) is 19.5 Å². The summed E-state index contributed by atoms with van der Waals surface area (Å²) in [5.74, 6) is 0.980. The summed E-state index contributed by atoms with van der Waals surface area (Å²) in [6.07, 6.45) is 3.92. The maximum Gasteiger partial charge on any atom is 0.221 e. The van der Waals surface area contributed by atoms with Crippen LogP contribution in [0.25, 0.3) is 0 Å². The van der Waals surface area contributed by atoms with E-state index >= 15 is 0 Å². The number of carbonyl (C=O) groups is 1. The minimum atomic E-state index is 0.0382. The third kappa shape index (κ3) is 2.60. The topological polar surface area (TPSA) is 63.3 Å². The highest BCUT2D eigenvalue weighted by atomic mass is 16.3. The van der Waals surface area contributed by atoms with E-state index in [2.05, 4.69) is 15.3 Å². The summed E-state index contributed by atoms with van der Waals surface area (Å²) in [5.41, 5.74) is 1.14. The van der Waals surface area contributed by atoms with Crippen LogP contribution in [0.3, 0.4) is 0 Å². The Bertz CT molecular complexity index is 576. The van der Waals surface area contributed by atoms with Gasteiger partial charge < -0.3 is 9.73 Å². The van der Waals surface area contributed by atoms with Gasteiger partial charge in [0.2, 0.25) is 5.91 Å². The average Bonchev–Trinajstić information content (AvgIpc) is 3.09. The molecule has 0 bridgehead atoms. The van der Waals surface area contributed by atoms with Gasteiger partial charge in [0.05, 0.1) is 31.0 Å². The predicted molar refractivity (Wildman–Crippen MR) is 72.8 cm³/mol. The van der Waals surface area contributed by atoms with Gasteiger partial charge in [-0.05, 0) is 18.2 Å². The van der Waals surface area contributed by atoms with Crippen molar-refractivity contribution in [2.24, 2.45) is 0 Å². The first-order valence-corrected chi connectivity index (χ1v) is 6.74. The van der Waals surface area contributed by atoms with Crippen molar-refractivity contribution >= 4 is 5.91 Å². The lowest BCUT2D eigenvalue weighted by molar-refractivity contribution is -0.121. The predicted octanol–water partition coefficient (Wildman–Crippen LogP) is 1.17. The van der Waals surface area contributed by atoms with Gasteiger partial charge in [-0.15, -0.1) is 0 Å². The Labute approximate surface area is 117 Å². The van der Waals surface area contributed by atoms with Gasteiger partial charge in [-0.25, -0.2) is 0 Å². The van der Waals surface area contributed by atoms with E-state index < -0.39 is 0 Å². The molecule has 2 aromatic rings. The summed E-state index contributed by atoms with van der Waals surface area (Å²) < 4.78 is 7.37. The number of carbonyl (C=O) groups excluding carboxylic acids is 1. The van der Waals surface area contributed by atoms with Gasteiger partial charge in [0, 0.05) is 26.3 Å². The molecule has 1 N–H and O–H groups in total. The Morgan fingerprint density at radius 2 is 2.45 bits per heavy atom. The first-order chi connectivity index (χ1) is 9.76. The minimum absolute atomic E-state index is 0.0382. The molecule has 1 unspecified atom stereocenters. The first-order valence-electron chi connectivity index (χ1n) is 6.74. The van der Waals surface area contributed by atoms with Crippen molar-refractivity contribution in [1.29, 1.82) is 0 Å². The zero-order valence-corrected chi connectivity index (χ0v) is 11.5. The molecule has 1 amide bonds. The molecule has 20 heavy (non-hydrogen) atoms. The molecule has 3 rings (SSSR count). The van der Waals surface area contributed by atoms with Crippen LogP contribution in [0, 0.1) is 0 Å². The number of hydrogen-bond donors (Lipinski definition) is 1. The molecular weight excluding hydrogens is 256 g/mol. The Hall–Kier alpha value is -2.08. The number of hydrogen-bond acceptors (Lipinski definition) is 4. The monoisotopic (exact) mass is 274 g/mol. The highest BCUT2D eigenvalue weighted by molar-refractivity contribution is 5.76. The Kier molecular flexibility index (Phi) is 3.56. The Morgan fingerprint density at radius 3 is 3.20 bits per heavy atom. The van der Waals surface area contributed by atoms with Crippen LogP contribution in [-0.2, 0) is 17.9 Å². The van der Waals surface area contributed by atoms with Gasteiger partial charge in [-0.2, -0.15) is 5.10 Å². The van der Waals surface area contributed by atoms with Crippen molar-refractivity contribution in [3.63, 3.8) is 0 Å². The quantitative estimate of drug-likeness (QED) is 0.909. The number of nitrogens with one attached hydrogen (secondary N) is 1. The van der Waals surface area contributed by atoms with Crippen LogP contribution >= 0.6 is 0 Å². The second-order valence-electron chi connectivity index (χ2n) is 5.05. The third-order valence-corrected chi connectivity index (χ3v) is 3.61. The molecular formula is C14H18N4O2. The molecule has 3 heterocycles. The van der Waals surface area contributed by atoms with Gasteiger partial charge in [0.15, 0.2) is 0 Å². The van der Waals surface area contributed by atoms with E-state index in [1.807, 2.05) is 22.9 Å². The molecule has 6 nitrogen and oxygen atoms in total. The zero-order valence-electron chi connectivity index (χ0n) is 11.5. The maximum atomic E-state index is 11.6. The first kappa shape index (κ1) is 12.9. The molecule has 0 saturated carbocycles. The molecule has 1 aliphatic heterocycles. The number of amides is 1. The molecule has 6 heteroatoms. The van der Waals surface area contributed by atoms with Crippen molar-refractivity contribution in [2.45, 2.75) is 25.6 Å². The smallest absolute Gasteiger partial charge is 0.221 e. The number of nitrogens with zero attached hydrogens (tertiary/aromatic N) is 3. The molecule has 0 fully saturated rings. The highest BCUT2D eigenvalue weighted by Gasteiger charge is 2.27. The van der Waals surface area contributed by atoms with Crippen molar-refractivity contribution in [1.82, 2.24) is 20.0 Å². The van der Waals surface area contributed by atoms with Gasteiger partial charge in [0.1, 0.15) is 5.76 Å². The summed E-state index contributed by atoms with van der Waals surface area (Å²) >= 11 is 0. The summed E-state index contributed by atoms with van der Waals surface area (Å²) in [6.45, 7) is 2.37. The van der Waals surface area contributed by atoms with E-state index in [9.17, 15) is 4.79 Å². The summed E-state index contributed by atoms with van der Waals surface area (Å²) in [4.78, 5) is 13.9. The fourth-order valence-electron chi connectivity index (χ4n) is 2.68. The summed E-state index contributed by atoms with van der Waals surface area (Å²) in [5, 5.41) is 7.02. The van der Waals surface area contributed by atoms with Gasteiger partial charge in [-0.1, -0.05) is 0 Å². The lowest BCUT2D eigenvalue weighted by Crippen LogP contribution is -2.39. The second-order valence-corrected chi connectivity index (χ2v) is 5.05. The molecule has 106 valence electrons. The third-order valence-electron chi connectivity index (χ3n) is 3.61. The zero-order chi connectivity index (χ0) is 13.9. The van der Waals surface area contributed by atoms with Gasteiger partial charge in [0.25, 0.3) is 0 Å². The van der Waals surface area contributed by atoms with E-state index in [-0.39, 0.29) is 11.9 Å². The van der Waals surface area contributed by atoms with Crippen molar-refractivity contribution in [3.8, 4) is 0 Å². The number of furan rings is 1. The molecule has 0 radical (unpaired) electrons. The van der Waals surface area contributed by atoms with Crippen LogP contribution in [-0.4, -0.2) is 34.2 Å². The number of rotatable bonds is 4. The van der Waals surface area contributed by atoms with Crippen LogP contribution < -0.4 is 5.32 Å². The molecule has 1 atom stereocenters. The molecule has 1 aliphatic rings. The lowest BCUT2D eigenvalue weighted by atomic mass is 10.1.